The van der Waals surface area contributed by atoms with Gasteiger partial charge in [0.15, 0.2) is 35.5 Å². The number of rotatable bonds is 10. The first-order chi connectivity index (χ1) is 35.1. The van der Waals surface area contributed by atoms with Crippen LogP contribution in [0.4, 0.5) is 31.3 Å². The molecular formula is C50H61FN16O6. The Balaban J connectivity index is 0.642. The highest BCUT2D eigenvalue weighted by Gasteiger charge is 2.38. The van der Waals surface area contributed by atoms with Gasteiger partial charge in [-0.25, -0.2) is 38.6 Å². The number of nitrogens with one attached hydrogen (secondary N) is 1. The van der Waals surface area contributed by atoms with Crippen LogP contribution in [0.3, 0.4) is 0 Å². The first kappa shape index (κ1) is 48.0. The normalized spacial score (nSPS) is 18.9. The maximum absolute atomic E-state index is 16.1. The summed E-state index contributed by atoms with van der Waals surface area (Å²) < 4.78 is 31.0. The summed E-state index contributed by atoms with van der Waals surface area (Å²) in [6, 6.07) is 2.98. The number of ether oxygens (including phenoxy) is 1. The number of aryl methyl sites for hydroxylation is 2. The molecule has 0 radical (unpaired) electrons. The van der Waals surface area contributed by atoms with Crippen LogP contribution < -0.4 is 20.9 Å². The number of amides is 5. The molecule has 384 valence electrons. The second kappa shape index (κ2) is 19.0. The maximum atomic E-state index is 16.1. The van der Waals surface area contributed by atoms with Gasteiger partial charge in [-0.05, 0) is 95.8 Å². The van der Waals surface area contributed by atoms with Gasteiger partial charge in [0.25, 0.3) is 5.91 Å². The van der Waals surface area contributed by atoms with Crippen LogP contribution in [0, 0.1) is 18.7 Å². The third-order valence-electron chi connectivity index (χ3n) is 15.2. The second-order valence-electron chi connectivity index (χ2n) is 21.1. The number of fused-ring (bicyclic) bond motifs is 2. The van der Waals surface area contributed by atoms with Gasteiger partial charge in [0.05, 0.1) is 22.2 Å². The molecule has 4 aliphatic heterocycles. The van der Waals surface area contributed by atoms with Crippen molar-refractivity contribution in [1.29, 1.82) is 0 Å². The molecule has 5 aromatic heterocycles. The number of urea groups is 1. The molecule has 0 atom stereocenters. The second-order valence-corrected chi connectivity index (χ2v) is 21.1. The third kappa shape index (κ3) is 9.15. The zero-order valence-electron chi connectivity index (χ0n) is 41.9. The molecule has 3 N–H and O–H groups in total. The predicted molar refractivity (Wildman–Crippen MR) is 267 cm³/mol. The Labute approximate surface area is 420 Å². The lowest BCUT2D eigenvalue weighted by atomic mass is 9.89. The number of nitrogens with two attached hydrogens (primary N) is 1. The summed E-state index contributed by atoms with van der Waals surface area (Å²) in [7, 11) is 1.65. The zero-order chi connectivity index (χ0) is 50.9. The summed E-state index contributed by atoms with van der Waals surface area (Å²) in [6.07, 6.45) is 8.04. The molecule has 6 aromatic rings. The van der Waals surface area contributed by atoms with Gasteiger partial charge in [-0.1, -0.05) is 5.16 Å². The van der Waals surface area contributed by atoms with E-state index in [1.165, 1.54) is 15.9 Å². The third-order valence-corrected chi connectivity index (χ3v) is 15.2. The minimum absolute atomic E-state index is 0.130. The van der Waals surface area contributed by atoms with E-state index < -0.39 is 23.5 Å². The molecule has 73 heavy (non-hydrogen) atoms. The summed E-state index contributed by atoms with van der Waals surface area (Å²) in [5.74, 6) is 1.69. The van der Waals surface area contributed by atoms with Crippen molar-refractivity contribution in [3.05, 3.63) is 47.5 Å². The molecule has 5 aliphatic rings. The van der Waals surface area contributed by atoms with Crippen molar-refractivity contribution in [3.8, 4) is 22.8 Å². The molecule has 5 fully saturated rings. The lowest BCUT2D eigenvalue weighted by Gasteiger charge is -2.39. The van der Waals surface area contributed by atoms with Gasteiger partial charge in [0.1, 0.15) is 29.0 Å². The molecule has 0 bridgehead atoms. The maximum Gasteiger partial charge on any atom is 0.410 e. The van der Waals surface area contributed by atoms with Crippen LogP contribution in [0.25, 0.3) is 44.7 Å². The van der Waals surface area contributed by atoms with E-state index in [0.29, 0.717) is 120 Å². The van der Waals surface area contributed by atoms with E-state index >= 15 is 4.39 Å². The van der Waals surface area contributed by atoms with Crippen LogP contribution in [0.1, 0.15) is 94.6 Å². The van der Waals surface area contributed by atoms with E-state index in [1.807, 2.05) is 43.5 Å². The van der Waals surface area contributed by atoms with Gasteiger partial charge in [-0.2, -0.15) is 10.2 Å². The van der Waals surface area contributed by atoms with E-state index in [9.17, 15) is 19.2 Å². The number of halogens is 1. The first-order valence-corrected chi connectivity index (χ1v) is 25.4. The monoisotopic (exact) mass is 1000 g/mol. The summed E-state index contributed by atoms with van der Waals surface area (Å²) in [6.45, 7) is 13.9. The first-order valence-electron chi connectivity index (χ1n) is 25.4. The minimum atomic E-state index is -0.562. The average molecular weight is 1000 g/mol. The number of hydrogen-bond donors (Lipinski definition) is 2. The van der Waals surface area contributed by atoms with E-state index in [2.05, 4.69) is 30.4 Å². The zero-order valence-corrected chi connectivity index (χ0v) is 41.9. The number of carbonyl (C=O) groups excluding carboxylic acids is 4. The lowest BCUT2D eigenvalue weighted by molar-refractivity contribution is -0.136. The quantitative estimate of drug-likeness (QED) is 0.177. The Morgan fingerprint density at radius 3 is 2.33 bits per heavy atom. The number of carbonyl (C=O) groups is 4. The summed E-state index contributed by atoms with van der Waals surface area (Å²) in [5, 5.41) is 17.4. The van der Waals surface area contributed by atoms with Crippen LogP contribution in [-0.4, -0.2) is 155 Å². The fraction of sp³-hybridized carbons (Fsp3) is 0.540. The number of hydrogen-bond acceptors (Lipinski definition) is 16. The van der Waals surface area contributed by atoms with Crippen LogP contribution in [0.2, 0.25) is 0 Å². The molecule has 1 aliphatic carbocycles. The van der Waals surface area contributed by atoms with Crippen LogP contribution in [-0.2, 0) is 26.9 Å². The number of piperazine rings is 1. The average Bonchev–Trinajstić information content (AvgIpc) is 3.84. The molecule has 11 rings (SSSR count). The van der Waals surface area contributed by atoms with E-state index in [1.54, 1.807) is 29.0 Å². The summed E-state index contributed by atoms with van der Waals surface area (Å²) in [5.41, 5.74) is 11.0. The largest absolute Gasteiger partial charge is 0.439 e. The van der Waals surface area contributed by atoms with Crippen LogP contribution in [0.5, 0.6) is 0 Å². The Morgan fingerprint density at radius 1 is 0.890 bits per heavy atom. The van der Waals surface area contributed by atoms with Gasteiger partial charge in [0.2, 0.25) is 5.91 Å². The summed E-state index contributed by atoms with van der Waals surface area (Å²) >= 11 is 0. The minimum Gasteiger partial charge on any atom is -0.439 e. The van der Waals surface area contributed by atoms with Crippen LogP contribution in [0.15, 0.2) is 29.2 Å². The SMILES string of the molecule is Cc1nc(-c2c(-c3nn(C(C)(C)C)c4ncnc(N)c34)noc2C2CC2)ncc1C1CCN(C(=O)OCC(=O)N2CCC(CN3CCN(c4ccc5c(N6CCC(=O)NC6=O)nn(C)c5c4F)CC3)CC2)CC1. The molecule has 1 saturated carbocycles. The van der Waals surface area contributed by atoms with Crippen molar-refractivity contribution in [1.82, 2.24) is 64.7 Å². The number of anilines is 3. The number of piperidine rings is 2. The number of imide groups is 1. The van der Waals surface area contributed by atoms with E-state index in [-0.39, 0.29) is 43.2 Å². The molecule has 0 spiro atoms. The molecule has 5 amide bonds. The number of benzene rings is 1. The fourth-order valence-electron chi connectivity index (χ4n) is 11.0. The van der Waals surface area contributed by atoms with Crippen molar-refractivity contribution < 1.29 is 32.8 Å². The van der Waals surface area contributed by atoms with E-state index in [0.717, 1.165) is 62.3 Å². The van der Waals surface area contributed by atoms with Crippen molar-refractivity contribution in [3.63, 3.8) is 0 Å². The van der Waals surface area contributed by atoms with Crippen LogP contribution >= 0.6 is 0 Å². The Bertz CT molecular complexity index is 3130. The van der Waals surface area contributed by atoms with Gasteiger partial charge >= 0.3 is 12.1 Å². The van der Waals surface area contributed by atoms with Gasteiger partial charge in [0, 0.05) is 102 Å². The van der Waals surface area contributed by atoms with Gasteiger partial charge in [-0.3, -0.25) is 29.4 Å². The fourth-order valence-corrected chi connectivity index (χ4v) is 11.0. The summed E-state index contributed by atoms with van der Waals surface area (Å²) in [4.78, 5) is 78.8. The van der Waals surface area contributed by atoms with E-state index in [4.69, 9.17) is 30.1 Å². The predicted octanol–water partition coefficient (Wildman–Crippen LogP) is 5.31. The molecule has 4 saturated heterocycles. The van der Waals surface area contributed by atoms with Crippen molar-refractivity contribution in [2.45, 2.75) is 90.0 Å². The Morgan fingerprint density at radius 2 is 1.63 bits per heavy atom. The number of nitrogens with zero attached hydrogens (tertiary/aromatic N) is 14. The molecule has 1 aromatic carbocycles. The molecule has 23 heteroatoms. The Kier molecular flexibility index (Phi) is 12.5. The Hall–Kier alpha value is -7.30. The molecule has 22 nitrogen and oxygen atoms in total. The topological polar surface area (TPSA) is 245 Å². The smallest absolute Gasteiger partial charge is 0.410 e. The highest BCUT2D eigenvalue weighted by atomic mass is 19.1. The highest BCUT2D eigenvalue weighted by molar-refractivity contribution is 6.09. The molecule has 0 unspecified atom stereocenters. The molecular weight excluding hydrogens is 940 g/mol. The number of likely N-dealkylation sites (tertiary alicyclic amines) is 2. The van der Waals surface area contributed by atoms with Crippen molar-refractivity contribution in [2.75, 3.05) is 87.6 Å². The van der Waals surface area contributed by atoms with Gasteiger partial charge in [-0.15, -0.1) is 0 Å². The standard InChI is InChI=1S/C50H61FN16O6/c1-28-33(24-53-45(56-28)37-41(60-73-43(37)31-6-7-31)40-38-44(52)54-27-55-47(38)67(58-40)50(2,3)4)30-12-17-65(18-13-30)49(71)72-26-36(69)64-15-10-29(11-16-64)25-62-20-22-63(23-21-62)34-9-8-32-42(39(34)51)61(5)59-46(32)66-19-14-35(68)57-48(66)70/h8-9,24,27,29-31H,6-7,10-23,25-26H2,1-5H3,(H2,52,54,55)(H,57,68,70). The number of aromatic nitrogens is 9. The highest BCUT2D eigenvalue weighted by Crippen LogP contribution is 2.48. The lowest BCUT2D eigenvalue weighted by Crippen LogP contribution is -2.50. The van der Waals surface area contributed by atoms with Crippen molar-refractivity contribution in [2.24, 2.45) is 13.0 Å². The van der Waals surface area contributed by atoms with Gasteiger partial charge < -0.3 is 29.7 Å². The molecule has 9 heterocycles. The number of nitrogen functional groups attached to an aromatic ring is 1. The van der Waals surface area contributed by atoms with Crippen molar-refractivity contribution >= 4 is 63.2 Å².